The van der Waals surface area contributed by atoms with E-state index < -0.39 is 0 Å². The van der Waals surface area contributed by atoms with Crippen molar-refractivity contribution in [1.29, 1.82) is 0 Å². The number of alkyl halides is 1. The van der Waals surface area contributed by atoms with Crippen LogP contribution in [-0.2, 0) is 0 Å². The summed E-state index contributed by atoms with van der Waals surface area (Å²) in [6.07, 6.45) is 4.40. The van der Waals surface area contributed by atoms with Crippen LogP contribution in [0.1, 0.15) is 12.8 Å². The van der Waals surface area contributed by atoms with Gasteiger partial charge in [-0.1, -0.05) is 34.1 Å². The molecule has 2 heterocycles. The van der Waals surface area contributed by atoms with Crippen molar-refractivity contribution < 1.29 is 0 Å². The van der Waals surface area contributed by atoms with E-state index in [1.807, 2.05) is 18.3 Å². The van der Waals surface area contributed by atoms with Gasteiger partial charge in [-0.15, -0.1) is 0 Å². The van der Waals surface area contributed by atoms with Crippen molar-refractivity contribution in [3.8, 4) is 0 Å². The maximum Gasteiger partial charge on any atom is 0.0950 e. The van der Waals surface area contributed by atoms with Gasteiger partial charge in [-0.3, -0.25) is 0 Å². The predicted molar refractivity (Wildman–Crippen MR) is 73.7 cm³/mol. The van der Waals surface area contributed by atoms with Crippen molar-refractivity contribution >= 4 is 32.5 Å². The molecule has 3 rings (SSSR count). The number of hydrogen-bond donors (Lipinski definition) is 0. The van der Waals surface area contributed by atoms with Crippen molar-refractivity contribution in [3.05, 3.63) is 30.5 Å². The van der Waals surface area contributed by atoms with Gasteiger partial charge in [-0.05, 0) is 18.9 Å². The summed E-state index contributed by atoms with van der Waals surface area (Å²) in [7, 11) is 0. The highest BCUT2D eigenvalue weighted by atomic mass is 79.9. The number of anilines is 1. The first-order chi connectivity index (χ1) is 8.40. The molecule has 0 radical (unpaired) electrons. The van der Waals surface area contributed by atoms with Gasteiger partial charge in [0.05, 0.1) is 17.4 Å². The summed E-state index contributed by atoms with van der Waals surface area (Å²) in [6, 6.07) is 8.80. The van der Waals surface area contributed by atoms with E-state index in [0.29, 0.717) is 6.04 Å². The normalized spacial score (nSPS) is 20.1. The van der Waals surface area contributed by atoms with Crippen LogP contribution < -0.4 is 4.90 Å². The molecule has 1 atom stereocenters. The molecule has 1 fully saturated rings. The lowest BCUT2D eigenvalue weighted by Gasteiger charge is -2.25. The number of aromatic nitrogens is 2. The van der Waals surface area contributed by atoms with E-state index in [-0.39, 0.29) is 0 Å². The minimum absolute atomic E-state index is 0.586. The lowest BCUT2D eigenvalue weighted by Crippen LogP contribution is -2.30. The molecular formula is C13H14BrN3. The van der Waals surface area contributed by atoms with E-state index in [4.69, 9.17) is 0 Å². The fraction of sp³-hybridized carbons (Fsp3) is 0.385. The predicted octanol–water partition coefficient (Wildman–Crippen LogP) is 2.99. The Labute approximate surface area is 109 Å². The Balaban J connectivity index is 2.10. The first-order valence-electron chi connectivity index (χ1n) is 5.93. The summed E-state index contributed by atoms with van der Waals surface area (Å²) in [5.74, 6) is 0. The van der Waals surface area contributed by atoms with Crippen LogP contribution >= 0.6 is 15.9 Å². The number of rotatable bonds is 2. The molecule has 1 saturated heterocycles. The second-order valence-corrected chi connectivity index (χ2v) is 5.04. The summed E-state index contributed by atoms with van der Waals surface area (Å²) in [5.41, 5.74) is 2.20. The molecule has 0 N–H and O–H groups in total. The molecule has 0 bridgehead atoms. The van der Waals surface area contributed by atoms with Gasteiger partial charge in [0.15, 0.2) is 0 Å². The van der Waals surface area contributed by atoms with Crippen molar-refractivity contribution in [1.82, 2.24) is 10.2 Å². The van der Waals surface area contributed by atoms with Gasteiger partial charge in [0.2, 0.25) is 0 Å². The van der Waals surface area contributed by atoms with Crippen molar-refractivity contribution in [2.75, 3.05) is 16.8 Å². The quantitative estimate of drug-likeness (QED) is 0.797. The van der Waals surface area contributed by atoms with Crippen LogP contribution in [0, 0.1) is 0 Å². The van der Waals surface area contributed by atoms with E-state index in [1.165, 1.54) is 23.9 Å². The molecule has 1 aliphatic heterocycles. The van der Waals surface area contributed by atoms with Gasteiger partial charge < -0.3 is 4.90 Å². The average Bonchev–Trinajstić information content (AvgIpc) is 2.86. The second-order valence-electron chi connectivity index (χ2n) is 4.39. The molecule has 0 spiro atoms. The van der Waals surface area contributed by atoms with Crippen LogP contribution in [0.5, 0.6) is 0 Å². The zero-order valence-corrected chi connectivity index (χ0v) is 11.1. The monoisotopic (exact) mass is 291 g/mol. The lowest BCUT2D eigenvalue weighted by molar-refractivity contribution is 0.749. The topological polar surface area (TPSA) is 29.0 Å². The largest absolute Gasteiger partial charge is 0.366 e. The molecular weight excluding hydrogens is 278 g/mol. The molecule has 1 aromatic heterocycles. The summed E-state index contributed by atoms with van der Waals surface area (Å²) < 4.78 is 0. The van der Waals surface area contributed by atoms with Gasteiger partial charge in [-0.2, -0.15) is 10.2 Å². The number of hydrogen-bond acceptors (Lipinski definition) is 3. The van der Waals surface area contributed by atoms with Gasteiger partial charge in [0, 0.05) is 23.3 Å². The highest BCUT2D eigenvalue weighted by Gasteiger charge is 2.25. The zero-order valence-electron chi connectivity index (χ0n) is 9.51. The molecule has 0 saturated carbocycles. The van der Waals surface area contributed by atoms with E-state index >= 15 is 0 Å². The van der Waals surface area contributed by atoms with Crippen LogP contribution in [0.3, 0.4) is 0 Å². The van der Waals surface area contributed by atoms with Gasteiger partial charge in [0.25, 0.3) is 0 Å². The van der Waals surface area contributed by atoms with E-state index in [9.17, 15) is 0 Å². The second kappa shape index (κ2) is 4.61. The van der Waals surface area contributed by atoms with Gasteiger partial charge in [0.1, 0.15) is 0 Å². The number of halogens is 1. The first kappa shape index (κ1) is 11.0. The summed E-state index contributed by atoms with van der Waals surface area (Å²) in [4.78, 5) is 2.45. The van der Waals surface area contributed by atoms with E-state index in [1.54, 1.807) is 0 Å². The Hall–Kier alpha value is -1.16. The third kappa shape index (κ3) is 1.90. The van der Waals surface area contributed by atoms with Crippen LogP contribution in [0.15, 0.2) is 30.5 Å². The molecule has 1 aliphatic rings. The molecule has 2 aromatic rings. The molecule has 0 aliphatic carbocycles. The van der Waals surface area contributed by atoms with Crippen LogP contribution in [0.2, 0.25) is 0 Å². The maximum atomic E-state index is 4.18. The van der Waals surface area contributed by atoms with Crippen molar-refractivity contribution in [3.63, 3.8) is 0 Å². The van der Waals surface area contributed by atoms with Crippen molar-refractivity contribution in [2.24, 2.45) is 0 Å². The maximum absolute atomic E-state index is 4.18. The molecule has 1 aromatic carbocycles. The Morgan fingerprint density at radius 1 is 1.35 bits per heavy atom. The molecule has 88 valence electrons. The molecule has 1 unspecified atom stereocenters. The summed E-state index contributed by atoms with van der Waals surface area (Å²) in [5, 5.41) is 10.5. The van der Waals surface area contributed by atoms with Crippen LogP contribution in [0.4, 0.5) is 5.69 Å². The summed E-state index contributed by atoms with van der Waals surface area (Å²) in [6.45, 7) is 1.12. The Bertz CT molecular complexity index is 524. The SMILES string of the molecule is BrCC1CCCN1c1cnnc2ccccc12. The van der Waals surface area contributed by atoms with E-state index in [2.05, 4.69) is 43.2 Å². The highest BCUT2D eigenvalue weighted by molar-refractivity contribution is 9.09. The lowest BCUT2D eigenvalue weighted by atomic mass is 10.2. The Morgan fingerprint density at radius 3 is 3.12 bits per heavy atom. The number of fused-ring (bicyclic) bond motifs is 1. The molecule has 3 nitrogen and oxygen atoms in total. The van der Waals surface area contributed by atoms with Crippen LogP contribution in [-0.4, -0.2) is 28.1 Å². The fourth-order valence-electron chi connectivity index (χ4n) is 2.53. The Kier molecular flexibility index (Phi) is 2.97. The fourth-order valence-corrected chi connectivity index (χ4v) is 3.21. The van der Waals surface area contributed by atoms with Crippen LogP contribution in [0.25, 0.3) is 10.9 Å². The van der Waals surface area contributed by atoms with Gasteiger partial charge in [-0.25, -0.2) is 0 Å². The minimum atomic E-state index is 0.586. The third-order valence-corrected chi connectivity index (χ3v) is 4.14. The van der Waals surface area contributed by atoms with E-state index in [0.717, 1.165) is 17.4 Å². The summed E-state index contributed by atoms with van der Waals surface area (Å²) >= 11 is 3.60. The number of nitrogens with zero attached hydrogens (tertiary/aromatic N) is 3. The highest BCUT2D eigenvalue weighted by Crippen LogP contribution is 2.31. The number of benzene rings is 1. The average molecular weight is 292 g/mol. The van der Waals surface area contributed by atoms with Gasteiger partial charge >= 0.3 is 0 Å². The molecule has 17 heavy (non-hydrogen) atoms. The zero-order chi connectivity index (χ0) is 11.7. The standard InChI is InChI=1S/C13H14BrN3/c14-8-10-4-3-7-17(10)13-9-15-16-12-6-2-1-5-11(12)13/h1-2,5-6,9-10H,3-4,7-8H2. The first-order valence-corrected chi connectivity index (χ1v) is 7.05. The third-order valence-electron chi connectivity index (χ3n) is 3.39. The van der Waals surface area contributed by atoms with Crippen molar-refractivity contribution in [2.45, 2.75) is 18.9 Å². The molecule has 0 amide bonds. The smallest absolute Gasteiger partial charge is 0.0950 e. The molecule has 4 heteroatoms. The Morgan fingerprint density at radius 2 is 2.24 bits per heavy atom. The minimum Gasteiger partial charge on any atom is -0.366 e.